The monoisotopic (exact) mass is 528 g/mol. The fourth-order valence-electron chi connectivity index (χ4n) is 2.76. The van der Waals surface area contributed by atoms with Crippen LogP contribution < -0.4 is 10.6 Å². The van der Waals surface area contributed by atoms with Crippen molar-refractivity contribution < 1.29 is 29.4 Å². The van der Waals surface area contributed by atoms with Gasteiger partial charge in [-0.15, -0.1) is 11.8 Å². The first kappa shape index (κ1) is 24.0. The fourth-order valence-corrected chi connectivity index (χ4v) is 3.73. The summed E-state index contributed by atoms with van der Waals surface area (Å²) in [7, 11) is 0. The third-order valence-corrected chi connectivity index (χ3v) is 5.89. The molecule has 4 N–H and O–H groups in total. The maximum atomic E-state index is 12.5. The van der Waals surface area contributed by atoms with Gasteiger partial charge in [-0.1, -0.05) is 15.9 Å². The number of aromatic carboxylic acids is 2. The van der Waals surface area contributed by atoms with Crippen LogP contribution in [0, 0.1) is 0 Å². The van der Waals surface area contributed by atoms with Gasteiger partial charge in [0.15, 0.2) is 0 Å². The Balaban J connectivity index is 1.59. The lowest BCUT2D eigenvalue weighted by Crippen LogP contribution is -2.17. The summed E-state index contributed by atoms with van der Waals surface area (Å²) in [6.45, 7) is 0. The van der Waals surface area contributed by atoms with Gasteiger partial charge >= 0.3 is 11.9 Å². The van der Waals surface area contributed by atoms with Crippen molar-refractivity contribution in [2.75, 3.05) is 16.4 Å². The summed E-state index contributed by atoms with van der Waals surface area (Å²) < 4.78 is 0.915. The van der Waals surface area contributed by atoms with Gasteiger partial charge in [0.05, 0.1) is 22.4 Å². The lowest BCUT2D eigenvalue weighted by atomic mass is 10.0. The van der Waals surface area contributed by atoms with E-state index in [0.29, 0.717) is 11.4 Å². The normalized spacial score (nSPS) is 10.3. The van der Waals surface area contributed by atoms with E-state index < -0.39 is 23.4 Å². The Kier molecular flexibility index (Phi) is 7.86. The van der Waals surface area contributed by atoms with Crippen LogP contribution in [-0.4, -0.2) is 39.7 Å². The minimum atomic E-state index is -1.41. The van der Waals surface area contributed by atoms with Gasteiger partial charge in [-0.25, -0.2) is 9.59 Å². The van der Waals surface area contributed by atoms with Gasteiger partial charge in [0.2, 0.25) is 5.91 Å². The zero-order chi connectivity index (χ0) is 24.0. The predicted molar refractivity (Wildman–Crippen MR) is 128 cm³/mol. The molecule has 0 unspecified atom stereocenters. The molecule has 0 saturated carbocycles. The average molecular weight is 529 g/mol. The van der Waals surface area contributed by atoms with Crippen molar-refractivity contribution in [1.29, 1.82) is 0 Å². The molecule has 0 aromatic heterocycles. The molecule has 0 saturated heterocycles. The van der Waals surface area contributed by atoms with E-state index in [4.69, 9.17) is 5.11 Å². The van der Waals surface area contributed by atoms with Gasteiger partial charge in [-0.2, -0.15) is 0 Å². The quantitative estimate of drug-likeness (QED) is 0.307. The molecule has 0 heterocycles. The van der Waals surface area contributed by atoms with Gasteiger partial charge in [-0.05, 0) is 66.7 Å². The Morgan fingerprint density at radius 3 is 1.97 bits per heavy atom. The number of hydrogen-bond donors (Lipinski definition) is 4. The number of anilines is 2. The molecule has 33 heavy (non-hydrogen) atoms. The van der Waals surface area contributed by atoms with Crippen molar-refractivity contribution in [2.24, 2.45) is 0 Å². The number of thioether (sulfide) groups is 1. The van der Waals surface area contributed by atoms with E-state index in [9.17, 15) is 24.3 Å². The highest BCUT2D eigenvalue weighted by molar-refractivity contribution is 9.10. The number of rotatable bonds is 8. The highest BCUT2D eigenvalue weighted by atomic mass is 79.9. The maximum Gasteiger partial charge on any atom is 0.336 e. The van der Waals surface area contributed by atoms with Crippen molar-refractivity contribution in [3.05, 3.63) is 87.9 Å². The molecule has 0 aliphatic heterocycles. The van der Waals surface area contributed by atoms with Gasteiger partial charge < -0.3 is 20.8 Å². The third kappa shape index (κ3) is 6.67. The van der Waals surface area contributed by atoms with E-state index in [1.54, 1.807) is 36.4 Å². The Hall–Kier alpha value is -3.63. The molecule has 3 aromatic carbocycles. The summed E-state index contributed by atoms with van der Waals surface area (Å²) in [5.41, 5.74) is 0.322. The van der Waals surface area contributed by atoms with Crippen LogP contribution in [-0.2, 0) is 4.79 Å². The van der Waals surface area contributed by atoms with Gasteiger partial charge in [0, 0.05) is 20.7 Å². The molecular weight excluding hydrogens is 512 g/mol. The zero-order valence-electron chi connectivity index (χ0n) is 16.9. The van der Waals surface area contributed by atoms with E-state index in [-0.39, 0.29) is 22.8 Å². The first-order chi connectivity index (χ1) is 15.7. The van der Waals surface area contributed by atoms with Gasteiger partial charge in [-0.3, -0.25) is 9.59 Å². The van der Waals surface area contributed by atoms with E-state index in [1.807, 2.05) is 12.1 Å². The standard InChI is InChI=1S/C23H17BrN2O6S/c24-14-2-4-15(5-3-14)25-20(27)12-33-17-8-6-16(7-9-17)26-21(28)18-10-1-13(22(29)30)11-19(18)23(31)32/h1-11H,12H2,(H,25,27)(H,26,28)(H,29,30)(H,31,32). The molecule has 3 rings (SSSR count). The second kappa shape index (κ2) is 10.8. The molecule has 0 fully saturated rings. The fraction of sp³-hybridized carbons (Fsp3) is 0.0435. The van der Waals surface area contributed by atoms with Crippen molar-refractivity contribution in [2.45, 2.75) is 4.90 Å². The molecule has 168 valence electrons. The van der Waals surface area contributed by atoms with E-state index in [1.165, 1.54) is 17.8 Å². The molecular formula is C23H17BrN2O6S. The smallest absolute Gasteiger partial charge is 0.336 e. The van der Waals surface area contributed by atoms with Crippen LogP contribution in [0.25, 0.3) is 0 Å². The maximum absolute atomic E-state index is 12.5. The van der Waals surface area contributed by atoms with E-state index in [0.717, 1.165) is 21.5 Å². The van der Waals surface area contributed by atoms with Crippen LogP contribution in [0.3, 0.4) is 0 Å². The zero-order valence-corrected chi connectivity index (χ0v) is 19.3. The SMILES string of the molecule is O=C(CSc1ccc(NC(=O)c2ccc(C(=O)O)cc2C(=O)O)cc1)Nc1ccc(Br)cc1. The Morgan fingerprint density at radius 1 is 0.758 bits per heavy atom. The topological polar surface area (TPSA) is 133 Å². The van der Waals surface area contributed by atoms with Gasteiger partial charge in [0.1, 0.15) is 0 Å². The molecule has 0 atom stereocenters. The Labute approximate surface area is 201 Å². The molecule has 3 aromatic rings. The van der Waals surface area contributed by atoms with Crippen LogP contribution in [0.15, 0.2) is 76.1 Å². The van der Waals surface area contributed by atoms with Crippen LogP contribution >= 0.6 is 27.7 Å². The summed E-state index contributed by atoms with van der Waals surface area (Å²) in [4.78, 5) is 47.9. The number of amides is 2. The second-order valence-electron chi connectivity index (χ2n) is 6.69. The first-order valence-electron chi connectivity index (χ1n) is 9.43. The number of benzene rings is 3. The Bertz CT molecular complexity index is 1210. The minimum Gasteiger partial charge on any atom is -0.478 e. The lowest BCUT2D eigenvalue weighted by Gasteiger charge is -2.10. The third-order valence-electron chi connectivity index (χ3n) is 4.35. The summed E-state index contributed by atoms with van der Waals surface area (Å²) in [5.74, 6) is -3.34. The average Bonchev–Trinajstić information content (AvgIpc) is 2.79. The van der Waals surface area contributed by atoms with Crippen molar-refractivity contribution in [1.82, 2.24) is 0 Å². The lowest BCUT2D eigenvalue weighted by molar-refractivity contribution is -0.113. The minimum absolute atomic E-state index is 0.157. The van der Waals surface area contributed by atoms with Crippen LogP contribution in [0.1, 0.15) is 31.1 Å². The molecule has 8 nitrogen and oxygen atoms in total. The number of nitrogens with one attached hydrogen (secondary N) is 2. The summed E-state index contributed by atoms with van der Waals surface area (Å²) >= 11 is 4.65. The molecule has 0 aliphatic rings. The molecule has 0 spiro atoms. The Morgan fingerprint density at radius 2 is 1.36 bits per heavy atom. The molecule has 0 radical (unpaired) electrons. The molecule has 2 amide bonds. The number of carbonyl (C=O) groups excluding carboxylic acids is 2. The van der Waals surface area contributed by atoms with E-state index >= 15 is 0 Å². The molecule has 0 aliphatic carbocycles. The van der Waals surface area contributed by atoms with Crippen LogP contribution in [0.2, 0.25) is 0 Å². The van der Waals surface area contributed by atoms with Crippen molar-refractivity contribution in [3.8, 4) is 0 Å². The summed E-state index contributed by atoms with van der Waals surface area (Å²) in [5, 5.41) is 23.7. The number of carbonyl (C=O) groups is 4. The van der Waals surface area contributed by atoms with Crippen molar-refractivity contribution >= 4 is 62.8 Å². The van der Waals surface area contributed by atoms with Crippen molar-refractivity contribution in [3.63, 3.8) is 0 Å². The number of hydrogen-bond acceptors (Lipinski definition) is 5. The molecule has 0 bridgehead atoms. The van der Waals surface area contributed by atoms with Gasteiger partial charge in [0.25, 0.3) is 5.91 Å². The largest absolute Gasteiger partial charge is 0.478 e. The second-order valence-corrected chi connectivity index (χ2v) is 8.66. The highest BCUT2D eigenvalue weighted by Gasteiger charge is 2.19. The number of halogens is 1. The first-order valence-corrected chi connectivity index (χ1v) is 11.2. The van der Waals surface area contributed by atoms with Crippen LogP contribution in [0.4, 0.5) is 11.4 Å². The highest BCUT2D eigenvalue weighted by Crippen LogP contribution is 2.22. The summed E-state index contributed by atoms with van der Waals surface area (Å²) in [6, 6.07) is 17.2. The van der Waals surface area contributed by atoms with Crippen LogP contribution in [0.5, 0.6) is 0 Å². The molecule has 10 heteroatoms. The van der Waals surface area contributed by atoms with E-state index in [2.05, 4.69) is 26.6 Å². The number of carboxylic acids is 2. The number of carboxylic acid groups (broad SMARTS) is 2. The summed E-state index contributed by atoms with van der Waals surface area (Å²) in [6.07, 6.45) is 0. The predicted octanol–water partition coefficient (Wildman–Crippen LogP) is 4.83.